The third kappa shape index (κ3) is 8.93. The number of unbranched alkanes of at least 4 members (excludes halogenated alkanes) is 1. The van der Waals surface area contributed by atoms with E-state index in [0.717, 1.165) is 58.9 Å². The molecule has 1 aliphatic heterocycles. The van der Waals surface area contributed by atoms with Gasteiger partial charge in [0.15, 0.2) is 0 Å². The number of nitrogens with zero attached hydrogens (tertiary/aromatic N) is 7. The van der Waals surface area contributed by atoms with E-state index >= 15 is 0 Å². The predicted octanol–water partition coefficient (Wildman–Crippen LogP) is -1.73. The van der Waals surface area contributed by atoms with Gasteiger partial charge in [-0.3, -0.25) is 14.7 Å². The van der Waals surface area contributed by atoms with Crippen LogP contribution in [0.3, 0.4) is 0 Å². The first-order valence-corrected chi connectivity index (χ1v) is 16.6. The summed E-state index contributed by atoms with van der Waals surface area (Å²) in [6.45, 7) is 0.681. The van der Waals surface area contributed by atoms with Crippen molar-refractivity contribution in [3.8, 4) is 0 Å². The Balaban J connectivity index is 0.00000468. The summed E-state index contributed by atoms with van der Waals surface area (Å²) in [5.41, 5.74) is 11.5. The van der Waals surface area contributed by atoms with Crippen molar-refractivity contribution in [1.29, 1.82) is 0 Å². The molecule has 0 spiro atoms. The molecular formula is C34H39EuN8O6. The van der Waals surface area contributed by atoms with Crippen molar-refractivity contribution in [2.45, 2.75) is 64.1 Å². The number of carbonyl (C=O) groups is 3. The maximum absolute atomic E-state index is 12.4. The van der Waals surface area contributed by atoms with Crippen LogP contribution in [0, 0.1) is 49.4 Å². The van der Waals surface area contributed by atoms with Gasteiger partial charge in [-0.25, -0.2) is 19.9 Å². The maximum atomic E-state index is 12.4. The summed E-state index contributed by atoms with van der Waals surface area (Å²) in [4.78, 5) is 61.2. The third-order valence-corrected chi connectivity index (χ3v) is 9.30. The molecule has 0 fully saturated rings. The predicted molar refractivity (Wildman–Crippen MR) is 171 cm³/mol. The largest absolute Gasteiger partial charge is 3.00 e. The topological polar surface area (TPSA) is 208 Å². The average Bonchev–Trinajstić information content (AvgIpc) is 3.05. The Morgan fingerprint density at radius 2 is 1.16 bits per heavy atom. The van der Waals surface area contributed by atoms with Crippen LogP contribution < -0.4 is 21.1 Å². The van der Waals surface area contributed by atoms with Crippen LogP contribution in [0.1, 0.15) is 54.9 Å². The molecule has 0 saturated heterocycles. The van der Waals surface area contributed by atoms with Crippen LogP contribution in [0.5, 0.6) is 0 Å². The fourth-order valence-electron chi connectivity index (χ4n) is 6.93. The van der Waals surface area contributed by atoms with Gasteiger partial charge in [-0.2, -0.15) is 0 Å². The summed E-state index contributed by atoms with van der Waals surface area (Å²) in [5.74, 6) is -3.81. The standard InChI is InChI=1S/C34H42N8O6.Eu/c35-12-4-3-7-27(34(47)48)42-15-13-40(19-28(43)44)17-21-8-10-23-30(36-21)31-24(33-32(23)38-25-5-1-2-6-26(25)39-33)11-9-22(37-31)18-41(14-16-42)20-29(45)46;/h8-11,27H,1-7,12-20,35H2,(H,43,44)(H,45,46)(H,47,48);/q;+3/p-3/t27-;/m0./s1. The van der Waals surface area contributed by atoms with Crippen LogP contribution in [0.4, 0.5) is 0 Å². The van der Waals surface area contributed by atoms with Gasteiger partial charge in [-0.15, -0.1) is 0 Å². The molecule has 14 nitrogen and oxygen atoms in total. The minimum atomic E-state index is -1.28. The summed E-state index contributed by atoms with van der Waals surface area (Å²) >= 11 is 0. The first-order valence-electron chi connectivity index (χ1n) is 16.6. The molecule has 258 valence electrons. The minimum Gasteiger partial charge on any atom is -0.549 e. The van der Waals surface area contributed by atoms with E-state index in [9.17, 15) is 29.7 Å². The zero-order valence-electron chi connectivity index (χ0n) is 27.2. The zero-order valence-corrected chi connectivity index (χ0v) is 29.7. The van der Waals surface area contributed by atoms with E-state index in [1.54, 1.807) is 14.7 Å². The van der Waals surface area contributed by atoms with Crippen molar-refractivity contribution in [2.24, 2.45) is 5.73 Å². The summed E-state index contributed by atoms with van der Waals surface area (Å²) in [6, 6.07) is 6.55. The number of benzene rings is 1. The van der Waals surface area contributed by atoms with Crippen molar-refractivity contribution >= 4 is 50.7 Å². The van der Waals surface area contributed by atoms with Crippen LogP contribution in [0.15, 0.2) is 24.3 Å². The van der Waals surface area contributed by atoms with Gasteiger partial charge in [0.05, 0.1) is 62.8 Å². The fraction of sp³-hybridized carbons (Fsp3) is 0.500. The quantitative estimate of drug-likeness (QED) is 0.140. The number of fused-ring (bicyclic) bond motifs is 6. The summed E-state index contributed by atoms with van der Waals surface area (Å²) in [5, 5.41) is 37.6. The molecular weight excluding hydrogens is 768 g/mol. The van der Waals surface area contributed by atoms with Gasteiger partial charge in [-0.05, 0) is 69.3 Å². The van der Waals surface area contributed by atoms with Crippen molar-refractivity contribution in [1.82, 2.24) is 34.6 Å². The Kier molecular flexibility index (Phi) is 13.0. The van der Waals surface area contributed by atoms with Crippen LogP contribution in [-0.4, -0.2) is 104 Å². The number of hydrogen-bond acceptors (Lipinski definition) is 14. The molecule has 1 aliphatic carbocycles. The molecule has 0 unspecified atom stereocenters. The number of pyridine rings is 2. The van der Waals surface area contributed by atoms with E-state index < -0.39 is 37.0 Å². The number of aromatic nitrogens is 4. The SMILES string of the molecule is NCCCC[C@@H](C(=O)[O-])N1CCN(CC(=O)[O-])Cc2ccc3c(n2)c2nc(ccc2c2nc4c(nc32)CCCC4)CN(CC(=O)[O-])CC1.[Eu+3]. The Labute approximate surface area is 324 Å². The van der Waals surface area contributed by atoms with Gasteiger partial charge in [0, 0.05) is 69.2 Å². The van der Waals surface area contributed by atoms with Gasteiger partial charge >= 0.3 is 49.4 Å². The van der Waals surface area contributed by atoms with E-state index in [1.807, 2.05) is 24.3 Å². The second-order valence-electron chi connectivity index (χ2n) is 12.7. The molecule has 15 heteroatoms. The summed E-state index contributed by atoms with van der Waals surface area (Å²) in [6.07, 6.45) is 5.30. The molecule has 3 aromatic heterocycles. The molecule has 0 amide bonds. The summed E-state index contributed by atoms with van der Waals surface area (Å²) in [7, 11) is 0. The van der Waals surface area contributed by atoms with Crippen LogP contribution in [0.2, 0.25) is 0 Å². The molecule has 1 atom stereocenters. The molecule has 4 aromatic rings. The van der Waals surface area contributed by atoms with Gasteiger partial charge < -0.3 is 35.4 Å². The molecule has 4 heterocycles. The molecule has 1 aromatic carbocycles. The number of hydrogen-bond donors (Lipinski definition) is 1. The number of nitrogens with two attached hydrogens (primary N) is 1. The molecule has 0 radical (unpaired) electrons. The number of aliphatic carboxylic acids is 3. The Bertz CT molecular complexity index is 1740. The van der Waals surface area contributed by atoms with E-state index in [0.29, 0.717) is 41.8 Å². The molecule has 2 aliphatic rings. The van der Waals surface area contributed by atoms with E-state index in [1.165, 1.54) is 0 Å². The summed E-state index contributed by atoms with van der Waals surface area (Å²) < 4.78 is 0. The number of aryl methyl sites for hydroxylation is 2. The monoisotopic (exact) mass is 808 g/mol. The van der Waals surface area contributed by atoms with Crippen LogP contribution in [-0.2, 0) is 40.3 Å². The average molecular weight is 808 g/mol. The van der Waals surface area contributed by atoms with E-state index in [4.69, 9.17) is 25.7 Å². The van der Waals surface area contributed by atoms with Gasteiger partial charge in [0.25, 0.3) is 0 Å². The second-order valence-corrected chi connectivity index (χ2v) is 12.7. The zero-order chi connectivity index (χ0) is 33.8. The first kappa shape index (κ1) is 37.5. The molecule has 6 rings (SSSR count). The minimum absolute atomic E-state index is 0. The molecule has 4 bridgehead atoms. The van der Waals surface area contributed by atoms with Gasteiger partial charge in [0.2, 0.25) is 0 Å². The van der Waals surface area contributed by atoms with Crippen molar-refractivity contribution in [2.75, 3.05) is 45.8 Å². The van der Waals surface area contributed by atoms with Crippen molar-refractivity contribution < 1.29 is 79.1 Å². The van der Waals surface area contributed by atoms with Crippen LogP contribution in [0.25, 0.3) is 32.8 Å². The van der Waals surface area contributed by atoms with E-state index in [-0.39, 0.29) is 95.1 Å². The smallest absolute Gasteiger partial charge is 0.549 e. The van der Waals surface area contributed by atoms with Gasteiger partial charge in [-0.1, -0.05) is 6.42 Å². The fourth-order valence-corrected chi connectivity index (χ4v) is 6.93. The second kappa shape index (κ2) is 16.9. The van der Waals surface area contributed by atoms with Crippen LogP contribution >= 0.6 is 0 Å². The molecule has 49 heavy (non-hydrogen) atoms. The van der Waals surface area contributed by atoms with Crippen molar-refractivity contribution in [3.05, 3.63) is 47.0 Å². The number of rotatable bonds is 10. The Morgan fingerprint density at radius 3 is 1.59 bits per heavy atom. The Hall–Kier alpha value is -2.79. The van der Waals surface area contributed by atoms with Crippen molar-refractivity contribution in [3.63, 3.8) is 0 Å². The van der Waals surface area contributed by atoms with E-state index in [2.05, 4.69) is 0 Å². The van der Waals surface area contributed by atoms with Gasteiger partial charge in [0.1, 0.15) is 0 Å². The molecule has 0 saturated carbocycles. The molecule has 2 N–H and O–H groups in total. The number of carboxylic acids is 3. The maximum Gasteiger partial charge on any atom is 3.00 e. The first-order chi connectivity index (χ1) is 23.2. The number of carboxylic acid groups (broad SMARTS) is 3. The number of carbonyl (C=O) groups excluding carboxylic acids is 3. The normalized spacial score (nSPS) is 17.2. The third-order valence-electron chi connectivity index (χ3n) is 9.30. The Morgan fingerprint density at radius 1 is 0.694 bits per heavy atom.